The van der Waals surface area contributed by atoms with Crippen LogP contribution in [0, 0.1) is 0 Å². The highest BCUT2D eigenvalue weighted by Crippen LogP contribution is 2.29. The zero-order chi connectivity index (χ0) is 9.53. The molecule has 0 aliphatic carbocycles. The fraction of sp³-hybridized carbons (Fsp3) is 1.00. The number of hydrogen-bond acceptors (Lipinski definition) is 3. The molecule has 0 aromatic heterocycles. The number of nitrogens with one attached hydrogen (secondary N) is 1. The quantitative estimate of drug-likeness (QED) is 0.592. The Morgan fingerprint density at radius 3 is 2.46 bits per heavy atom. The van der Waals surface area contributed by atoms with Gasteiger partial charge in [-0.2, -0.15) is 0 Å². The van der Waals surface area contributed by atoms with Crippen LogP contribution in [0.15, 0.2) is 0 Å². The van der Waals surface area contributed by atoms with Crippen molar-refractivity contribution in [2.75, 3.05) is 32.8 Å². The van der Waals surface area contributed by atoms with Gasteiger partial charge in [-0.25, -0.2) is 0 Å². The second kappa shape index (κ2) is 2.94. The van der Waals surface area contributed by atoms with E-state index in [2.05, 4.69) is 31.0 Å². The van der Waals surface area contributed by atoms with Gasteiger partial charge in [0.2, 0.25) is 0 Å². The summed E-state index contributed by atoms with van der Waals surface area (Å²) in [5, 5.41) is 3.57. The lowest BCUT2D eigenvalue weighted by Gasteiger charge is -2.57. The second-order valence-electron chi connectivity index (χ2n) is 5.29. The molecule has 1 spiro atoms. The van der Waals surface area contributed by atoms with Crippen LogP contribution >= 0.6 is 0 Å². The first-order chi connectivity index (χ1) is 6.02. The van der Waals surface area contributed by atoms with Gasteiger partial charge in [-0.05, 0) is 20.8 Å². The van der Waals surface area contributed by atoms with Crippen molar-refractivity contribution in [1.29, 1.82) is 0 Å². The summed E-state index contributed by atoms with van der Waals surface area (Å²) in [5.74, 6) is 0. The van der Waals surface area contributed by atoms with E-state index in [9.17, 15) is 0 Å². The Balaban J connectivity index is 1.88. The van der Waals surface area contributed by atoms with E-state index in [1.54, 1.807) is 0 Å². The van der Waals surface area contributed by atoms with Gasteiger partial charge >= 0.3 is 0 Å². The summed E-state index contributed by atoms with van der Waals surface area (Å²) in [6, 6.07) is 0. The third-order valence-corrected chi connectivity index (χ3v) is 3.06. The van der Waals surface area contributed by atoms with E-state index in [0.29, 0.717) is 5.54 Å². The van der Waals surface area contributed by atoms with Crippen molar-refractivity contribution in [3.8, 4) is 0 Å². The molecule has 0 aromatic carbocycles. The van der Waals surface area contributed by atoms with Crippen molar-refractivity contribution in [3.05, 3.63) is 0 Å². The van der Waals surface area contributed by atoms with E-state index in [1.165, 1.54) is 0 Å². The van der Waals surface area contributed by atoms with Crippen LogP contribution in [-0.2, 0) is 4.74 Å². The standard InChI is InChI=1S/C10H20N2O/c1-9(2,3)12-6-10(7-12)8-13-5-4-11-10/h11H,4-8H2,1-3H3. The van der Waals surface area contributed by atoms with Gasteiger partial charge in [0.25, 0.3) is 0 Å². The molecule has 13 heavy (non-hydrogen) atoms. The SMILES string of the molecule is CC(C)(C)N1CC2(COCCN2)C1. The van der Waals surface area contributed by atoms with Gasteiger partial charge in [-0.1, -0.05) is 0 Å². The first-order valence-electron chi connectivity index (χ1n) is 5.10. The fourth-order valence-corrected chi connectivity index (χ4v) is 2.07. The average Bonchev–Trinajstić information content (AvgIpc) is 2.00. The van der Waals surface area contributed by atoms with Crippen LogP contribution in [0.25, 0.3) is 0 Å². The average molecular weight is 184 g/mol. The molecule has 76 valence electrons. The normalized spacial score (nSPS) is 28.8. The van der Waals surface area contributed by atoms with Gasteiger partial charge in [0, 0.05) is 25.2 Å². The maximum atomic E-state index is 5.50. The number of ether oxygens (including phenoxy) is 1. The summed E-state index contributed by atoms with van der Waals surface area (Å²) in [5.41, 5.74) is 0.593. The Kier molecular flexibility index (Phi) is 2.13. The molecule has 1 N–H and O–H groups in total. The molecule has 0 aromatic rings. The van der Waals surface area contributed by atoms with E-state index in [4.69, 9.17) is 4.74 Å². The van der Waals surface area contributed by atoms with E-state index in [1.807, 2.05) is 0 Å². The molecule has 2 heterocycles. The monoisotopic (exact) mass is 184 g/mol. The molecule has 0 bridgehead atoms. The minimum Gasteiger partial charge on any atom is -0.378 e. The molecule has 0 saturated carbocycles. The van der Waals surface area contributed by atoms with Crippen molar-refractivity contribution >= 4 is 0 Å². The summed E-state index contributed by atoms with van der Waals surface area (Å²) >= 11 is 0. The first kappa shape index (κ1) is 9.44. The highest BCUT2D eigenvalue weighted by Gasteiger charge is 2.47. The van der Waals surface area contributed by atoms with Gasteiger partial charge < -0.3 is 10.1 Å². The van der Waals surface area contributed by atoms with Crippen LogP contribution in [-0.4, -0.2) is 48.8 Å². The topological polar surface area (TPSA) is 24.5 Å². The second-order valence-corrected chi connectivity index (χ2v) is 5.29. The molecule has 2 saturated heterocycles. The van der Waals surface area contributed by atoms with E-state index < -0.39 is 0 Å². The number of hydrogen-bond donors (Lipinski definition) is 1. The van der Waals surface area contributed by atoms with Crippen LogP contribution in [0.2, 0.25) is 0 Å². The molecule has 3 nitrogen and oxygen atoms in total. The Labute approximate surface area is 80.4 Å². The third-order valence-electron chi connectivity index (χ3n) is 3.06. The van der Waals surface area contributed by atoms with Gasteiger partial charge in [-0.3, -0.25) is 4.90 Å². The van der Waals surface area contributed by atoms with Crippen molar-refractivity contribution in [1.82, 2.24) is 10.2 Å². The molecule has 0 radical (unpaired) electrons. The Hall–Kier alpha value is -0.120. The maximum Gasteiger partial charge on any atom is 0.0675 e. The molecule has 3 heteroatoms. The Bertz CT molecular complexity index is 184. The van der Waals surface area contributed by atoms with Crippen LogP contribution < -0.4 is 5.32 Å². The minimum atomic E-state index is 0.283. The highest BCUT2D eigenvalue weighted by molar-refractivity contribution is 5.07. The van der Waals surface area contributed by atoms with Crippen LogP contribution in [0.5, 0.6) is 0 Å². The molecule has 0 unspecified atom stereocenters. The number of morpholine rings is 1. The Morgan fingerprint density at radius 1 is 1.31 bits per heavy atom. The van der Waals surface area contributed by atoms with E-state index in [-0.39, 0.29) is 5.54 Å². The van der Waals surface area contributed by atoms with Crippen LogP contribution in [0.1, 0.15) is 20.8 Å². The van der Waals surface area contributed by atoms with E-state index in [0.717, 1.165) is 32.8 Å². The van der Waals surface area contributed by atoms with Crippen LogP contribution in [0.3, 0.4) is 0 Å². The summed E-state index contributed by atoms with van der Waals surface area (Å²) in [6.07, 6.45) is 0. The maximum absolute atomic E-state index is 5.50. The number of nitrogens with zero attached hydrogens (tertiary/aromatic N) is 1. The van der Waals surface area contributed by atoms with Crippen molar-refractivity contribution in [3.63, 3.8) is 0 Å². The largest absolute Gasteiger partial charge is 0.378 e. The molecule has 2 rings (SSSR count). The van der Waals surface area contributed by atoms with Crippen LogP contribution in [0.4, 0.5) is 0 Å². The van der Waals surface area contributed by atoms with Gasteiger partial charge in [0.15, 0.2) is 0 Å². The molecule has 2 fully saturated rings. The molecular weight excluding hydrogens is 164 g/mol. The first-order valence-corrected chi connectivity index (χ1v) is 5.10. The molecular formula is C10H20N2O. The smallest absolute Gasteiger partial charge is 0.0675 e. The number of rotatable bonds is 0. The van der Waals surface area contributed by atoms with Gasteiger partial charge in [0.1, 0.15) is 0 Å². The minimum absolute atomic E-state index is 0.283. The summed E-state index contributed by atoms with van der Waals surface area (Å²) in [6.45, 7) is 11.8. The highest BCUT2D eigenvalue weighted by atomic mass is 16.5. The van der Waals surface area contributed by atoms with Crippen molar-refractivity contribution in [2.45, 2.75) is 31.8 Å². The van der Waals surface area contributed by atoms with Gasteiger partial charge in [0.05, 0.1) is 18.8 Å². The lowest BCUT2D eigenvalue weighted by molar-refractivity contribution is -0.0900. The van der Waals surface area contributed by atoms with Crippen molar-refractivity contribution < 1.29 is 4.74 Å². The number of likely N-dealkylation sites (tertiary alicyclic amines) is 1. The molecule has 0 atom stereocenters. The lowest BCUT2D eigenvalue weighted by atomic mass is 9.85. The fourth-order valence-electron chi connectivity index (χ4n) is 2.07. The van der Waals surface area contributed by atoms with E-state index >= 15 is 0 Å². The third kappa shape index (κ3) is 1.73. The summed E-state index contributed by atoms with van der Waals surface area (Å²) in [4.78, 5) is 2.49. The summed E-state index contributed by atoms with van der Waals surface area (Å²) in [7, 11) is 0. The zero-order valence-electron chi connectivity index (χ0n) is 8.89. The van der Waals surface area contributed by atoms with Gasteiger partial charge in [-0.15, -0.1) is 0 Å². The zero-order valence-corrected chi connectivity index (χ0v) is 8.89. The molecule has 2 aliphatic heterocycles. The molecule has 2 aliphatic rings. The predicted octanol–water partition coefficient (Wildman–Crippen LogP) is 0.459. The lowest BCUT2D eigenvalue weighted by Crippen LogP contribution is -2.76. The Morgan fingerprint density at radius 2 is 2.00 bits per heavy atom. The molecule has 0 amide bonds. The predicted molar refractivity (Wildman–Crippen MR) is 52.9 cm³/mol. The van der Waals surface area contributed by atoms with Crippen molar-refractivity contribution in [2.24, 2.45) is 0 Å². The summed E-state index contributed by atoms with van der Waals surface area (Å²) < 4.78 is 5.50.